The highest BCUT2D eigenvalue weighted by atomic mass is 16.6. The van der Waals surface area contributed by atoms with Crippen molar-refractivity contribution in [1.82, 2.24) is 10.2 Å². The lowest BCUT2D eigenvalue weighted by Gasteiger charge is -2.37. The quantitative estimate of drug-likeness (QED) is 0.505. The predicted molar refractivity (Wildman–Crippen MR) is 147 cm³/mol. The van der Waals surface area contributed by atoms with Crippen molar-refractivity contribution in [2.24, 2.45) is 0 Å². The van der Waals surface area contributed by atoms with Crippen LogP contribution in [0.15, 0.2) is 36.4 Å². The molecule has 1 saturated heterocycles. The number of nitrogens with one attached hydrogen (secondary N) is 1. The van der Waals surface area contributed by atoms with Gasteiger partial charge in [0.15, 0.2) is 11.5 Å². The Hall–Kier alpha value is -3.46. The smallest absolute Gasteiger partial charge is 0.410 e. The van der Waals surface area contributed by atoms with Crippen molar-refractivity contribution in [2.45, 2.75) is 52.2 Å². The summed E-state index contributed by atoms with van der Waals surface area (Å²) in [5.41, 5.74) is 2.74. The number of methoxy groups -OCH3 is 2. The maximum absolute atomic E-state index is 13.5. The maximum Gasteiger partial charge on any atom is 0.410 e. The molecule has 0 radical (unpaired) electrons. The Morgan fingerprint density at radius 3 is 2.29 bits per heavy atom. The number of nitrogens with zero attached hydrogens (tertiary/aromatic N) is 2. The van der Waals surface area contributed by atoms with Gasteiger partial charge in [-0.25, -0.2) is 4.79 Å². The van der Waals surface area contributed by atoms with Crippen LogP contribution in [0.1, 0.15) is 61.6 Å². The van der Waals surface area contributed by atoms with Crippen LogP contribution in [0.25, 0.3) is 0 Å². The summed E-state index contributed by atoms with van der Waals surface area (Å²) in [7, 11) is 3.16. The SMILES string of the molecule is COc1ccc(C(C)NC(=O)c2cc(N3CCN(C(=O)OC(C)(C)C)CC3)ccc2CCCO)cc1OC. The molecule has 2 amide bonds. The van der Waals surface area contributed by atoms with Gasteiger partial charge in [-0.3, -0.25) is 4.79 Å². The van der Waals surface area contributed by atoms with Crippen LogP contribution in [-0.4, -0.2) is 74.6 Å². The summed E-state index contributed by atoms with van der Waals surface area (Å²) >= 11 is 0. The largest absolute Gasteiger partial charge is 0.493 e. The van der Waals surface area contributed by atoms with Crippen LogP contribution in [0.3, 0.4) is 0 Å². The van der Waals surface area contributed by atoms with Crippen LogP contribution in [0.5, 0.6) is 11.5 Å². The minimum atomic E-state index is -0.533. The van der Waals surface area contributed by atoms with Gasteiger partial charge >= 0.3 is 6.09 Å². The first-order valence-electron chi connectivity index (χ1n) is 13.1. The predicted octanol–water partition coefficient (Wildman–Crippen LogP) is 4.18. The van der Waals surface area contributed by atoms with Crippen LogP contribution < -0.4 is 19.7 Å². The molecular weight excluding hydrogens is 486 g/mol. The first-order chi connectivity index (χ1) is 18.1. The lowest BCUT2D eigenvalue weighted by molar-refractivity contribution is 0.0240. The summed E-state index contributed by atoms with van der Waals surface area (Å²) < 4.78 is 16.2. The van der Waals surface area contributed by atoms with E-state index in [-0.39, 0.29) is 24.6 Å². The highest BCUT2D eigenvalue weighted by Gasteiger charge is 2.26. The Balaban J connectivity index is 1.75. The lowest BCUT2D eigenvalue weighted by atomic mass is 9.99. The van der Waals surface area contributed by atoms with Crippen LogP contribution in [0.2, 0.25) is 0 Å². The van der Waals surface area contributed by atoms with Gasteiger partial charge in [0.1, 0.15) is 5.60 Å². The Morgan fingerprint density at radius 2 is 1.68 bits per heavy atom. The lowest BCUT2D eigenvalue weighted by Crippen LogP contribution is -2.50. The van der Waals surface area contributed by atoms with Crippen molar-refractivity contribution in [2.75, 3.05) is 51.9 Å². The molecule has 208 valence electrons. The monoisotopic (exact) mass is 527 g/mol. The van der Waals surface area contributed by atoms with Gasteiger partial charge in [-0.1, -0.05) is 12.1 Å². The third-order valence-corrected chi connectivity index (χ3v) is 6.49. The number of piperazine rings is 1. The molecule has 38 heavy (non-hydrogen) atoms. The minimum Gasteiger partial charge on any atom is -0.493 e. The van der Waals surface area contributed by atoms with E-state index in [1.165, 1.54) is 0 Å². The highest BCUT2D eigenvalue weighted by molar-refractivity contribution is 5.97. The highest BCUT2D eigenvalue weighted by Crippen LogP contribution is 2.30. The van der Waals surface area contributed by atoms with Crippen LogP contribution in [0, 0.1) is 0 Å². The molecule has 1 aliphatic rings. The fourth-order valence-corrected chi connectivity index (χ4v) is 4.41. The van der Waals surface area contributed by atoms with Gasteiger partial charge in [0.2, 0.25) is 0 Å². The topological polar surface area (TPSA) is 101 Å². The van der Waals surface area contributed by atoms with E-state index >= 15 is 0 Å². The fraction of sp³-hybridized carbons (Fsp3) is 0.517. The number of aliphatic hydroxyl groups excluding tert-OH is 1. The fourth-order valence-electron chi connectivity index (χ4n) is 4.41. The van der Waals surface area contributed by atoms with Crippen molar-refractivity contribution in [3.63, 3.8) is 0 Å². The third-order valence-electron chi connectivity index (χ3n) is 6.49. The third kappa shape index (κ3) is 7.54. The summed E-state index contributed by atoms with van der Waals surface area (Å²) in [5.74, 6) is 1.04. The van der Waals surface area contributed by atoms with Crippen molar-refractivity contribution < 1.29 is 28.9 Å². The van der Waals surface area contributed by atoms with E-state index in [1.54, 1.807) is 19.1 Å². The van der Waals surface area contributed by atoms with Crippen LogP contribution in [0.4, 0.5) is 10.5 Å². The van der Waals surface area contributed by atoms with Gasteiger partial charge in [-0.15, -0.1) is 0 Å². The minimum absolute atomic E-state index is 0.0531. The van der Waals surface area contributed by atoms with Gasteiger partial charge in [-0.2, -0.15) is 0 Å². The van der Waals surface area contributed by atoms with Gasteiger partial charge in [0.25, 0.3) is 5.91 Å². The number of ether oxygens (including phenoxy) is 3. The normalized spacial score (nSPS) is 14.6. The molecule has 1 unspecified atom stereocenters. The molecule has 0 aromatic heterocycles. The maximum atomic E-state index is 13.5. The first kappa shape index (κ1) is 29.1. The molecule has 9 heteroatoms. The van der Waals surface area contributed by atoms with E-state index in [9.17, 15) is 14.7 Å². The van der Waals surface area contributed by atoms with Crippen LogP contribution in [-0.2, 0) is 11.2 Å². The molecule has 1 aliphatic heterocycles. The van der Waals surface area contributed by atoms with Gasteiger partial charge in [0.05, 0.1) is 20.3 Å². The van der Waals surface area contributed by atoms with E-state index in [0.717, 1.165) is 16.8 Å². The van der Waals surface area contributed by atoms with E-state index in [2.05, 4.69) is 10.2 Å². The second-order valence-electron chi connectivity index (χ2n) is 10.4. The van der Waals surface area contributed by atoms with Gasteiger partial charge in [-0.05, 0) is 75.9 Å². The van der Waals surface area contributed by atoms with E-state index in [4.69, 9.17) is 14.2 Å². The number of rotatable bonds is 9. The van der Waals surface area contributed by atoms with E-state index in [1.807, 2.05) is 64.1 Å². The van der Waals surface area contributed by atoms with Gasteiger partial charge in [0, 0.05) is 44.0 Å². The zero-order valence-electron chi connectivity index (χ0n) is 23.4. The van der Waals surface area contributed by atoms with Crippen molar-refractivity contribution >= 4 is 17.7 Å². The van der Waals surface area contributed by atoms with Gasteiger partial charge < -0.3 is 34.4 Å². The Morgan fingerprint density at radius 1 is 1.00 bits per heavy atom. The molecule has 1 atom stereocenters. The summed E-state index contributed by atoms with van der Waals surface area (Å²) in [6, 6.07) is 11.2. The summed E-state index contributed by atoms with van der Waals surface area (Å²) in [5, 5.41) is 12.5. The van der Waals surface area contributed by atoms with Crippen molar-refractivity contribution in [1.29, 1.82) is 0 Å². The molecule has 0 bridgehead atoms. The number of carbonyl (C=O) groups excluding carboxylic acids is 2. The number of hydrogen-bond acceptors (Lipinski definition) is 7. The number of aryl methyl sites for hydroxylation is 1. The molecule has 3 rings (SSSR count). The first-order valence-corrected chi connectivity index (χ1v) is 13.1. The number of hydrogen-bond donors (Lipinski definition) is 2. The molecule has 1 heterocycles. The molecule has 2 aromatic rings. The molecule has 0 aliphatic carbocycles. The summed E-state index contributed by atoms with van der Waals surface area (Å²) in [6.07, 6.45) is 0.858. The Labute approximate surface area is 225 Å². The summed E-state index contributed by atoms with van der Waals surface area (Å²) in [4.78, 5) is 29.8. The molecule has 0 spiro atoms. The average molecular weight is 528 g/mol. The zero-order valence-corrected chi connectivity index (χ0v) is 23.4. The number of benzene rings is 2. The number of anilines is 1. The average Bonchev–Trinajstić information content (AvgIpc) is 2.90. The second-order valence-corrected chi connectivity index (χ2v) is 10.4. The number of amides is 2. The molecule has 2 aromatic carbocycles. The van der Waals surface area contributed by atoms with E-state index in [0.29, 0.717) is 56.1 Å². The number of aliphatic hydroxyl groups is 1. The van der Waals surface area contributed by atoms with Crippen molar-refractivity contribution in [3.05, 3.63) is 53.1 Å². The van der Waals surface area contributed by atoms with Crippen molar-refractivity contribution in [3.8, 4) is 11.5 Å². The second kappa shape index (κ2) is 12.9. The molecule has 0 saturated carbocycles. The number of carbonyl (C=O) groups is 2. The molecule has 1 fully saturated rings. The zero-order chi connectivity index (χ0) is 27.9. The Kier molecular flexibility index (Phi) is 9.85. The standard InChI is InChI=1S/C29H41N3O6/c1-20(22-10-12-25(36-5)26(18-22)37-6)30-27(34)24-19-23(11-9-21(24)8-7-17-33)31-13-15-32(16-14-31)28(35)38-29(2,3)4/h9-12,18-20,33H,7-8,13-17H2,1-6H3,(H,30,34). The molecular formula is C29H41N3O6. The Bertz CT molecular complexity index is 1110. The summed E-state index contributed by atoms with van der Waals surface area (Å²) in [6.45, 7) is 9.91. The van der Waals surface area contributed by atoms with E-state index < -0.39 is 5.60 Å². The molecule has 2 N–H and O–H groups in total. The molecule has 9 nitrogen and oxygen atoms in total. The van der Waals surface area contributed by atoms with Crippen LogP contribution >= 0.6 is 0 Å².